The molecule has 7 nitrogen and oxygen atoms in total. The fraction of sp³-hybridized carbons (Fsp3) is 0.562. The lowest BCUT2D eigenvalue weighted by atomic mass is 10.2. The van der Waals surface area contributed by atoms with Gasteiger partial charge in [0.15, 0.2) is 0 Å². The van der Waals surface area contributed by atoms with E-state index in [2.05, 4.69) is 10.2 Å². The van der Waals surface area contributed by atoms with Crippen molar-refractivity contribution in [1.29, 1.82) is 0 Å². The number of nitro groups is 1. The fourth-order valence-corrected chi connectivity index (χ4v) is 2.83. The molecule has 7 heteroatoms. The van der Waals surface area contributed by atoms with Crippen LogP contribution < -0.4 is 10.2 Å². The Morgan fingerprint density at radius 3 is 2.65 bits per heavy atom. The molecular weight excluding hydrogens is 296 g/mol. The number of anilines is 1. The zero-order valence-corrected chi connectivity index (χ0v) is 13.1. The summed E-state index contributed by atoms with van der Waals surface area (Å²) in [6, 6.07) is 6.66. The summed E-state index contributed by atoms with van der Waals surface area (Å²) in [5, 5.41) is 14.1. The van der Waals surface area contributed by atoms with Gasteiger partial charge in [0.25, 0.3) is 5.69 Å². The Bertz CT molecular complexity index is 580. The van der Waals surface area contributed by atoms with Crippen LogP contribution >= 0.6 is 0 Å². The first-order valence-electron chi connectivity index (χ1n) is 8.11. The maximum atomic E-state index is 12.1. The first-order chi connectivity index (χ1) is 11.1. The minimum Gasteiger partial charge on any atom is -0.368 e. The van der Waals surface area contributed by atoms with Crippen molar-refractivity contribution in [1.82, 2.24) is 10.2 Å². The van der Waals surface area contributed by atoms with E-state index in [4.69, 9.17) is 0 Å². The molecule has 0 atom stereocenters. The molecule has 0 aromatic heterocycles. The second kappa shape index (κ2) is 6.95. The lowest BCUT2D eigenvalue weighted by Crippen LogP contribution is -2.51. The van der Waals surface area contributed by atoms with Crippen LogP contribution in [0, 0.1) is 16.0 Å². The number of nitrogens with one attached hydrogen (secondary N) is 1. The van der Waals surface area contributed by atoms with Crippen molar-refractivity contribution in [3.8, 4) is 0 Å². The maximum Gasteiger partial charge on any atom is 0.271 e. The molecule has 0 spiro atoms. The summed E-state index contributed by atoms with van der Waals surface area (Å²) in [6.07, 6.45) is 2.56. The number of non-ortho nitro benzene ring substituents is 1. The lowest BCUT2D eigenvalue weighted by Gasteiger charge is -2.36. The largest absolute Gasteiger partial charge is 0.368 e. The zero-order chi connectivity index (χ0) is 16.2. The van der Waals surface area contributed by atoms with E-state index in [-0.39, 0.29) is 16.5 Å². The second-order valence-corrected chi connectivity index (χ2v) is 6.22. The standard InChI is InChI=1S/C16H22N4O3/c21-16(12-17-11-13-4-5-13)19-8-6-18(7-9-19)14-2-1-3-15(10-14)20(22)23/h1-3,10,13,17H,4-9,11-12H2. The van der Waals surface area contributed by atoms with Crippen LogP contribution in [0.15, 0.2) is 24.3 Å². The molecule has 1 saturated heterocycles. The zero-order valence-electron chi connectivity index (χ0n) is 13.1. The van der Waals surface area contributed by atoms with E-state index in [1.165, 1.54) is 18.9 Å². The minimum absolute atomic E-state index is 0.102. The van der Waals surface area contributed by atoms with Gasteiger partial charge in [-0.05, 0) is 31.4 Å². The number of hydrogen-bond acceptors (Lipinski definition) is 5. The summed E-state index contributed by atoms with van der Waals surface area (Å²) in [5.41, 5.74) is 0.948. The van der Waals surface area contributed by atoms with Gasteiger partial charge in [0.1, 0.15) is 0 Å². The molecule has 1 amide bonds. The predicted octanol–water partition coefficient (Wildman–Crippen LogP) is 1.24. The Balaban J connectivity index is 1.48. The molecule has 0 bridgehead atoms. The lowest BCUT2D eigenvalue weighted by molar-refractivity contribution is -0.384. The van der Waals surface area contributed by atoms with E-state index in [1.807, 2.05) is 11.0 Å². The van der Waals surface area contributed by atoms with E-state index in [1.54, 1.807) is 12.1 Å². The van der Waals surface area contributed by atoms with Gasteiger partial charge in [-0.1, -0.05) is 6.07 Å². The Kier molecular flexibility index (Phi) is 4.76. The third-order valence-electron chi connectivity index (χ3n) is 4.44. The molecule has 1 saturated carbocycles. The van der Waals surface area contributed by atoms with Crippen LogP contribution in [-0.2, 0) is 4.79 Å². The SMILES string of the molecule is O=C(CNCC1CC1)N1CCN(c2cccc([N+](=O)[O-])c2)CC1. The van der Waals surface area contributed by atoms with E-state index >= 15 is 0 Å². The van der Waals surface area contributed by atoms with Crippen LogP contribution in [0.3, 0.4) is 0 Å². The summed E-state index contributed by atoms with van der Waals surface area (Å²) < 4.78 is 0. The highest BCUT2D eigenvalue weighted by Crippen LogP contribution is 2.27. The topological polar surface area (TPSA) is 78.7 Å². The van der Waals surface area contributed by atoms with Gasteiger partial charge in [0, 0.05) is 44.0 Å². The molecular formula is C16H22N4O3. The number of rotatable bonds is 6. The molecule has 0 radical (unpaired) electrons. The Morgan fingerprint density at radius 1 is 1.26 bits per heavy atom. The van der Waals surface area contributed by atoms with Crippen molar-refractivity contribution >= 4 is 17.3 Å². The van der Waals surface area contributed by atoms with Crippen LogP contribution in [0.2, 0.25) is 0 Å². The van der Waals surface area contributed by atoms with Gasteiger partial charge in [-0.2, -0.15) is 0 Å². The monoisotopic (exact) mass is 318 g/mol. The van der Waals surface area contributed by atoms with Crippen LogP contribution in [0.1, 0.15) is 12.8 Å². The van der Waals surface area contributed by atoms with Crippen LogP contribution in [-0.4, -0.2) is 55.0 Å². The molecule has 1 heterocycles. The number of carbonyl (C=O) groups excluding carboxylic acids is 1. The number of benzene rings is 1. The van der Waals surface area contributed by atoms with Crippen molar-refractivity contribution in [2.24, 2.45) is 5.92 Å². The normalized spacial score (nSPS) is 18.1. The van der Waals surface area contributed by atoms with E-state index in [0.717, 1.165) is 18.2 Å². The van der Waals surface area contributed by atoms with Gasteiger partial charge < -0.3 is 15.1 Å². The van der Waals surface area contributed by atoms with E-state index < -0.39 is 0 Å². The number of nitrogens with zero attached hydrogens (tertiary/aromatic N) is 3. The van der Waals surface area contributed by atoms with Gasteiger partial charge >= 0.3 is 0 Å². The number of carbonyl (C=O) groups is 1. The molecule has 1 aromatic carbocycles. The van der Waals surface area contributed by atoms with Gasteiger partial charge in [0.2, 0.25) is 5.91 Å². The highest BCUT2D eigenvalue weighted by Gasteiger charge is 2.24. The molecule has 3 rings (SSSR count). The van der Waals surface area contributed by atoms with Crippen LogP contribution in [0.5, 0.6) is 0 Å². The van der Waals surface area contributed by atoms with Crippen molar-refractivity contribution in [2.45, 2.75) is 12.8 Å². The van der Waals surface area contributed by atoms with E-state index in [9.17, 15) is 14.9 Å². The average Bonchev–Trinajstić information content (AvgIpc) is 3.39. The molecule has 1 N–H and O–H groups in total. The Hall–Kier alpha value is -2.15. The predicted molar refractivity (Wildman–Crippen MR) is 87.5 cm³/mol. The van der Waals surface area contributed by atoms with Crippen molar-refractivity contribution < 1.29 is 9.72 Å². The number of nitro benzene ring substituents is 1. The average molecular weight is 318 g/mol. The van der Waals surface area contributed by atoms with Crippen molar-refractivity contribution in [3.63, 3.8) is 0 Å². The molecule has 1 aliphatic heterocycles. The van der Waals surface area contributed by atoms with Gasteiger partial charge in [-0.3, -0.25) is 14.9 Å². The number of hydrogen-bond donors (Lipinski definition) is 1. The first-order valence-corrected chi connectivity index (χ1v) is 8.11. The Labute approximate surface area is 135 Å². The van der Waals surface area contributed by atoms with Crippen LogP contribution in [0.25, 0.3) is 0 Å². The summed E-state index contributed by atoms with van der Waals surface area (Å²) >= 11 is 0. The van der Waals surface area contributed by atoms with Crippen LogP contribution in [0.4, 0.5) is 11.4 Å². The fourth-order valence-electron chi connectivity index (χ4n) is 2.83. The third-order valence-corrected chi connectivity index (χ3v) is 4.44. The summed E-state index contributed by atoms with van der Waals surface area (Å²) in [7, 11) is 0. The molecule has 2 fully saturated rings. The van der Waals surface area contributed by atoms with Gasteiger partial charge in [-0.15, -0.1) is 0 Å². The molecule has 2 aliphatic rings. The van der Waals surface area contributed by atoms with Crippen molar-refractivity contribution in [2.75, 3.05) is 44.2 Å². The quantitative estimate of drug-likeness (QED) is 0.631. The highest BCUT2D eigenvalue weighted by molar-refractivity contribution is 5.78. The van der Waals surface area contributed by atoms with Gasteiger partial charge in [-0.25, -0.2) is 0 Å². The summed E-state index contributed by atoms with van der Waals surface area (Å²) in [5.74, 6) is 0.915. The molecule has 124 valence electrons. The smallest absolute Gasteiger partial charge is 0.271 e. The molecule has 23 heavy (non-hydrogen) atoms. The molecule has 1 aliphatic carbocycles. The number of piperazine rings is 1. The van der Waals surface area contributed by atoms with Crippen molar-refractivity contribution in [3.05, 3.63) is 34.4 Å². The minimum atomic E-state index is -0.380. The van der Waals surface area contributed by atoms with E-state index in [0.29, 0.717) is 32.7 Å². The second-order valence-electron chi connectivity index (χ2n) is 6.22. The summed E-state index contributed by atoms with van der Waals surface area (Å²) in [4.78, 5) is 26.6. The number of amides is 1. The molecule has 0 unspecified atom stereocenters. The Morgan fingerprint density at radius 2 is 2.00 bits per heavy atom. The first kappa shape index (κ1) is 15.7. The highest BCUT2D eigenvalue weighted by atomic mass is 16.6. The summed E-state index contributed by atoms with van der Waals surface area (Å²) in [6.45, 7) is 4.08. The maximum absolute atomic E-state index is 12.1. The third kappa shape index (κ3) is 4.19. The van der Waals surface area contributed by atoms with Gasteiger partial charge in [0.05, 0.1) is 11.5 Å². The molecule has 1 aromatic rings.